The molecule has 1 heterocycles. The highest BCUT2D eigenvalue weighted by Crippen LogP contribution is 2.23. The van der Waals surface area contributed by atoms with E-state index in [1.807, 2.05) is 0 Å². The van der Waals surface area contributed by atoms with E-state index in [1.165, 1.54) is 43.2 Å². The fraction of sp³-hybridized carbons (Fsp3) is 0.600. The van der Waals surface area contributed by atoms with Gasteiger partial charge in [0.1, 0.15) is 0 Å². The fourth-order valence-corrected chi connectivity index (χ4v) is 2.36. The van der Waals surface area contributed by atoms with Gasteiger partial charge in [-0.1, -0.05) is 50.5 Å². The van der Waals surface area contributed by atoms with Gasteiger partial charge in [-0.25, -0.2) is 0 Å². The van der Waals surface area contributed by atoms with Gasteiger partial charge in [-0.15, -0.1) is 0 Å². The van der Waals surface area contributed by atoms with Crippen LogP contribution in [-0.4, -0.2) is 13.1 Å². The Bertz CT molecular complexity index is 338. The van der Waals surface area contributed by atoms with Gasteiger partial charge in [0.15, 0.2) is 0 Å². The average molecular weight is 232 g/mol. The number of hydrogen-bond donors (Lipinski definition) is 2. The summed E-state index contributed by atoms with van der Waals surface area (Å²) < 4.78 is 0. The van der Waals surface area contributed by atoms with Crippen molar-refractivity contribution in [2.75, 3.05) is 13.1 Å². The van der Waals surface area contributed by atoms with Gasteiger partial charge in [0.05, 0.1) is 5.54 Å². The first-order chi connectivity index (χ1) is 8.24. The third-order valence-electron chi connectivity index (χ3n) is 3.73. The quantitative estimate of drug-likeness (QED) is 0.740. The molecule has 0 amide bonds. The number of aryl methyl sites for hydroxylation is 1. The van der Waals surface area contributed by atoms with Gasteiger partial charge in [0.2, 0.25) is 0 Å². The SMILES string of the molecule is CCCCCCc1ccc(C2(N)CNC2)cc1. The van der Waals surface area contributed by atoms with Gasteiger partial charge < -0.3 is 11.1 Å². The molecule has 1 fully saturated rings. The number of unbranched alkanes of at least 4 members (excludes halogenated alkanes) is 3. The molecule has 2 nitrogen and oxygen atoms in total. The Morgan fingerprint density at radius 2 is 1.82 bits per heavy atom. The smallest absolute Gasteiger partial charge is 0.0662 e. The summed E-state index contributed by atoms with van der Waals surface area (Å²) in [5, 5.41) is 3.24. The monoisotopic (exact) mass is 232 g/mol. The third kappa shape index (κ3) is 3.08. The lowest BCUT2D eigenvalue weighted by Gasteiger charge is -2.39. The van der Waals surface area contributed by atoms with E-state index < -0.39 is 0 Å². The number of benzene rings is 1. The third-order valence-corrected chi connectivity index (χ3v) is 3.73. The van der Waals surface area contributed by atoms with Crippen molar-refractivity contribution < 1.29 is 0 Å². The summed E-state index contributed by atoms with van der Waals surface area (Å²) in [5.41, 5.74) is 8.86. The second kappa shape index (κ2) is 5.65. The molecule has 2 heteroatoms. The first-order valence-electron chi connectivity index (χ1n) is 6.83. The molecule has 1 aliphatic rings. The summed E-state index contributed by atoms with van der Waals surface area (Å²) in [7, 11) is 0. The van der Waals surface area contributed by atoms with Crippen molar-refractivity contribution in [3.63, 3.8) is 0 Å². The summed E-state index contributed by atoms with van der Waals surface area (Å²) in [6.07, 6.45) is 6.53. The Hall–Kier alpha value is -0.860. The minimum Gasteiger partial charge on any atom is -0.319 e. The van der Waals surface area contributed by atoms with Crippen molar-refractivity contribution in [2.45, 2.75) is 44.6 Å². The molecule has 0 spiro atoms. The highest BCUT2D eigenvalue weighted by Gasteiger charge is 2.33. The van der Waals surface area contributed by atoms with Gasteiger partial charge in [0.25, 0.3) is 0 Å². The van der Waals surface area contributed by atoms with Crippen LogP contribution in [0.4, 0.5) is 0 Å². The summed E-state index contributed by atoms with van der Waals surface area (Å²) >= 11 is 0. The van der Waals surface area contributed by atoms with E-state index in [9.17, 15) is 0 Å². The molecule has 1 aliphatic heterocycles. The summed E-state index contributed by atoms with van der Waals surface area (Å²) in [4.78, 5) is 0. The van der Waals surface area contributed by atoms with E-state index in [2.05, 4.69) is 36.5 Å². The van der Waals surface area contributed by atoms with E-state index >= 15 is 0 Å². The molecule has 94 valence electrons. The molecule has 17 heavy (non-hydrogen) atoms. The Balaban J connectivity index is 1.85. The van der Waals surface area contributed by atoms with Crippen molar-refractivity contribution in [3.05, 3.63) is 35.4 Å². The van der Waals surface area contributed by atoms with Gasteiger partial charge in [-0.05, 0) is 24.0 Å². The maximum Gasteiger partial charge on any atom is 0.0662 e. The van der Waals surface area contributed by atoms with Gasteiger partial charge in [-0.3, -0.25) is 0 Å². The van der Waals surface area contributed by atoms with Crippen LogP contribution >= 0.6 is 0 Å². The summed E-state index contributed by atoms with van der Waals surface area (Å²) in [5.74, 6) is 0. The largest absolute Gasteiger partial charge is 0.319 e. The lowest BCUT2D eigenvalue weighted by molar-refractivity contribution is 0.287. The van der Waals surface area contributed by atoms with Gasteiger partial charge in [0, 0.05) is 13.1 Å². The highest BCUT2D eigenvalue weighted by atomic mass is 15.1. The van der Waals surface area contributed by atoms with Crippen LogP contribution in [0, 0.1) is 0 Å². The maximum atomic E-state index is 6.25. The second-order valence-electron chi connectivity index (χ2n) is 5.27. The van der Waals surface area contributed by atoms with E-state index in [0.717, 1.165) is 13.1 Å². The van der Waals surface area contributed by atoms with Crippen LogP contribution in [0.3, 0.4) is 0 Å². The predicted octanol–water partition coefficient (Wildman–Crippen LogP) is 2.57. The molecule has 2 rings (SSSR count). The van der Waals surface area contributed by atoms with Crippen LogP contribution in [0.25, 0.3) is 0 Å². The topological polar surface area (TPSA) is 38.0 Å². The molecule has 1 aromatic rings. The first-order valence-corrected chi connectivity index (χ1v) is 6.83. The zero-order valence-electron chi connectivity index (χ0n) is 10.8. The highest BCUT2D eigenvalue weighted by molar-refractivity contribution is 5.31. The number of nitrogens with one attached hydrogen (secondary N) is 1. The minimum atomic E-state index is -0.110. The fourth-order valence-electron chi connectivity index (χ4n) is 2.36. The summed E-state index contributed by atoms with van der Waals surface area (Å²) in [6, 6.07) is 8.90. The average Bonchev–Trinajstić information content (AvgIpc) is 2.33. The lowest BCUT2D eigenvalue weighted by Crippen LogP contribution is -2.62. The Kier molecular flexibility index (Phi) is 4.19. The predicted molar refractivity (Wildman–Crippen MR) is 73.0 cm³/mol. The van der Waals surface area contributed by atoms with Crippen LogP contribution in [-0.2, 0) is 12.0 Å². The van der Waals surface area contributed by atoms with Crippen LogP contribution in [0.15, 0.2) is 24.3 Å². The van der Waals surface area contributed by atoms with Gasteiger partial charge in [-0.2, -0.15) is 0 Å². The van der Waals surface area contributed by atoms with Crippen LogP contribution in [0.5, 0.6) is 0 Å². The molecule has 0 aliphatic carbocycles. The Morgan fingerprint density at radius 3 is 2.35 bits per heavy atom. The molecule has 0 unspecified atom stereocenters. The lowest BCUT2D eigenvalue weighted by atomic mass is 9.85. The van der Waals surface area contributed by atoms with E-state index in [0.29, 0.717) is 0 Å². The molecule has 0 saturated carbocycles. The summed E-state index contributed by atoms with van der Waals surface area (Å²) in [6.45, 7) is 4.06. The van der Waals surface area contributed by atoms with E-state index in [1.54, 1.807) is 0 Å². The van der Waals surface area contributed by atoms with Crippen LogP contribution < -0.4 is 11.1 Å². The number of nitrogens with two attached hydrogens (primary N) is 1. The molecule has 0 bridgehead atoms. The molecule has 0 atom stereocenters. The molecule has 0 radical (unpaired) electrons. The zero-order chi connectivity index (χ0) is 12.1. The normalized spacial score (nSPS) is 17.8. The Morgan fingerprint density at radius 1 is 1.12 bits per heavy atom. The molecule has 1 aromatic carbocycles. The number of rotatable bonds is 6. The van der Waals surface area contributed by atoms with Crippen molar-refractivity contribution in [3.8, 4) is 0 Å². The standard InChI is InChI=1S/C15H24N2/c1-2-3-4-5-6-13-7-9-14(10-8-13)15(16)11-17-12-15/h7-10,17H,2-6,11-12,16H2,1H3. The minimum absolute atomic E-state index is 0.110. The molecular weight excluding hydrogens is 208 g/mol. The first kappa shape index (κ1) is 12.6. The van der Waals surface area contributed by atoms with Crippen molar-refractivity contribution >= 4 is 0 Å². The maximum absolute atomic E-state index is 6.25. The Labute approximate surface area is 105 Å². The van der Waals surface area contributed by atoms with Crippen molar-refractivity contribution in [1.82, 2.24) is 5.32 Å². The van der Waals surface area contributed by atoms with E-state index in [4.69, 9.17) is 5.73 Å². The second-order valence-corrected chi connectivity index (χ2v) is 5.27. The van der Waals surface area contributed by atoms with Crippen molar-refractivity contribution in [2.24, 2.45) is 5.73 Å². The van der Waals surface area contributed by atoms with Crippen LogP contribution in [0.1, 0.15) is 43.7 Å². The molecule has 1 saturated heterocycles. The zero-order valence-corrected chi connectivity index (χ0v) is 10.8. The molecule has 0 aromatic heterocycles. The number of hydrogen-bond acceptors (Lipinski definition) is 2. The molecular formula is C15H24N2. The van der Waals surface area contributed by atoms with Crippen LogP contribution in [0.2, 0.25) is 0 Å². The molecule has 3 N–H and O–H groups in total. The van der Waals surface area contributed by atoms with Crippen molar-refractivity contribution in [1.29, 1.82) is 0 Å². The van der Waals surface area contributed by atoms with Gasteiger partial charge >= 0.3 is 0 Å². The van der Waals surface area contributed by atoms with E-state index in [-0.39, 0.29) is 5.54 Å².